The molecule has 0 saturated carbocycles. The molecule has 0 aromatic heterocycles. The zero-order chi connectivity index (χ0) is 25.5. The summed E-state index contributed by atoms with van der Waals surface area (Å²) in [7, 11) is 3.56. The van der Waals surface area contributed by atoms with Crippen LogP contribution in [0.4, 0.5) is 0 Å². The van der Waals surface area contributed by atoms with E-state index < -0.39 is 0 Å². The van der Waals surface area contributed by atoms with Crippen molar-refractivity contribution in [3.05, 3.63) is 57.6 Å². The first-order chi connectivity index (χ1) is 15.8. The second kappa shape index (κ2) is 12.2. The first-order valence-electron chi connectivity index (χ1n) is 11.7. The molecule has 0 amide bonds. The van der Waals surface area contributed by atoms with E-state index in [0.29, 0.717) is 24.6 Å². The van der Waals surface area contributed by atoms with Crippen molar-refractivity contribution in [2.24, 2.45) is 9.98 Å². The molecular formula is C28H40N2O2S2. The topological polar surface area (TPSA) is 65.2 Å². The molecule has 2 N–H and O–H groups in total. The van der Waals surface area contributed by atoms with Gasteiger partial charge in [-0.2, -0.15) is 0 Å². The fraction of sp³-hybridized carbons (Fsp3) is 0.500. The first kappa shape index (κ1) is 28.3. The molecule has 2 aromatic rings. The largest absolute Gasteiger partial charge is 0.507 e. The van der Waals surface area contributed by atoms with Crippen molar-refractivity contribution in [1.29, 1.82) is 0 Å². The molecule has 2 aromatic carbocycles. The van der Waals surface area contributed by atoms with Gasteiger partial charge in [0.1, 0.15) is 11.5 Å². The summed E-state index contributed by atoms with van der Waals surface area (Å²) in [4.78, 5) is 9.02. The van der Waals surface area contributed by atoms with Crippen molar-refractivity contribution in [2.45, 2.75) is 66.2 Å². The quantitative estimate of drug-likeness (QED) is 0.217. The second-order valence-electron chi connectivity index (χ2n) is 10.7. The number of benzene rings is 2. The Morgan fingerprint density at radius 1 is 0.676 bits per heavy atom. The first-order valence-corrected chi connectivity index (χ1v) is 14.2. The van der Waals surface area contributed by atoms with Gasteiger partial charge in [0.05, 0.1) is 0 Å². The number of aromatic hydroxyl groups is 2. The third-order valence-corrected chi connectivity index (χ3v) is 7.91. The Hall–Kier alpha value is -1.92. The van der Waals surface area contributed by atoms with Gasteiger partial charge in [-0.25, -0.2) is 0 Å². The number of rotatable bonds is 9. The molecule has 0 unspecified atom stereocenters. The Bertz CT molecular complexity index is 949. The van der Waals surface area contributed by atoms with Crippen LogP contribution in [0, 0.1) is 13.8 Å². The molecule has 0 bridgehead atoms. The Morgan fingerprint density at radius 2 is 1.03 bits per heavy atom. The standard InChI is InChI=1S/C28H40N2O2S2/c1-19-13-23(27(3,4)5)15-21(25(19)31)17-29-9-11-33-34-12-10-30-18-22-16-24(28(6,7)8)14-20(2)26(22)32/h13-18,31-32H,9-12H2,1-8H3. The molecule has 2 rings (SSSR count). The van der Waals surface area contributed by atoms with E-state index in [2.05, 4.69) is 51.5 Å². The summed E-state index contributed by atoms with van der Waals surface area (Å²) in [5.41, 5.74) is 5.79. The molecule has 0 aliphatic carbocycles. The number of phenolic OH excluding ortho intramolecular Hbond substituents is 2. The maximum atomic E-state index is 10.4. The molecule has 6 heteroatoms. The molecule has 0 atom stereocenters. The Balaban J connectivity index is 1.77. The molecule has 186 valence electrons. The maximum absolute atomic E-state index is 10.4. The minimum atomic E-state index is 0.0307. The van der Waals surface area contributed by atoms with Gasteiger partial charge < -0.3 is 10.2 Å². The van der Waals surface area contributed by atoms with Crippen molar-refractivity contribution in [3.63, 3.8) is 0 Å². The maximum Gasteiger partial charge on any atom is 0.127 e. The lowest BCUT2D eigenvalue weighted by atomic mass is 9.85. The van der Waals surface area contributed by atoms with Gasteiger partial charge >= 0.3 is 0 Å². The minimum Gasteiger partial charge on any atom is -0.507 e. The number of aryl methyl sites for hydroxylation is 2. The lowest BCUT2D eigenvalue weighted by molar-refractivity contribution is 0.468. The highest BCUT2D eigenvalue weighted by Gasteiger charge is 2.17. The highest BCUT2D eigenvalue weighted by molar-refractivity contribution is 8.76. The van der Waals surface area contributed by atoms with Crippen LogP contribution in [0.15, 0.2) is 34.3 Å². The van der Waals surface area contributed by atoms with E-state index in [-0.39, 0.29) is 10.8 Å². The average Bonchev–Trinajstić information content (AvgIpc) is 2.73. The fourth-order valence-electron chi connectivity index (χ4n) is 3.30. The number of aliphatic imine (C=N–C) groups is 2. The Labute approximate surface area is 213 Å². The average molecular weight is 501 g/mol. The van der Waals surface area contributed by atoms with Crippen LogP contribution in [0.1, 0.15) is 74.9 Å². The van der Waals surface area contributed by atoms with Gasteiger partial charge in [0.2, 0.25) is 0 Å². The van der Waals surface area contributed by atoms with E-state index in [1.165, 1.54) is 11.1 Å². The molecule has 0 aliphatic heterocycles. The predicted molar refractivity (Wildman–Crippen MR) is 153 cm³/mol. The van der Waals surface area contributed by atoms with Crippen LogP contribution in [0.25, 0.3) is 0 Å². The number of phenols is 2. The minimum absolute atomic E-state index is 0.0307. The summed E-state index contributed by atoms with van der Waals surface area (Å²) >= 11 is 0. The predicted octanol–water partition coefficient (Wildman–Crippen LogP) is 7.23. The molecular weight excluding hydrogens is 460 g/mol. The molecule has 4 nitrogen and oxygen atoms in total. The highest BCUT2D eigenvalue weighted by atomic mass is 33.1. The molecule has 0 saturated heterocycles. The fourth-order valence-corrected chi connectivity index (χ4v) is 5.05. The van der Waals surface area contributed by atoms with Crippen LogP contribution >= 0.6 is 21.6 Å². The lowest BCUT2D eigenvalue weighted by Crippen LogP contribution is -2.12. The summed E-state index contributed by atoms with van der Waals surface area (Å²) in [5.74, 6) is 2.42. The highest BCUT2D eigenvalue weighted by Crippen LogP contribution is 2.31. The zero-order valence-corrected chi connectivity index (χ0v) is 23.5. The molecule has 0 spiro atoms. The molecule has 0 radical (unpaired) electrons. The number of hydrogen-bond acceptors (Lipinski definition) is 6. The van der Waals surface area contributed by atoms with E-state index in [0.717, 1.165) is 33.8 Å². The van der Waals surface area contributed by atoms with Crippen molar-refractivity contribution >= 4 is 34.0 Å². The summed E-state index contributed by atoms with van der Waals surface area (Å²) in [5, 5.41) is 20.7. The molecule has 0 heterocycles. The van der Waals surface area contributed by atoms with E-state index >= 15 is 0 Å². The third kappa shape index (κ3) is 8.38. The van der Waals surface area contributed by atoms with Crippen molar-refractivity contribution in [1.82, 2.24) is 0 Å². The van der Waals surface area contributed by atoms with E-state index in [4.69, 9.17) is 0 Å². The molecule has 0 fully saturated rings. The van der Waals surface area contributed by atoms with Gasteiger partial charge in [0, 0.05) is 48.2 Å². The Morgan fingerprint density at radius 3 is 1.35 bits per heavy atom. The normalized spacial score (nSPS) is 12.8. The SMILES string of the molecule is Cc1cc(C(C)(C)C)cc(C=NCCSSCCN=Cc2cc(C(C)(C)C)cc(C)c2O)c1O. The van der Waals surface area contributed by atoms with Crippen LogP contribution in [-0.2, 0) is 10.8 Å². The lowest BCUT2D eigenvalue weighted by Gasteiger charge is -2.21. The summed E-state index contributed by atoms with van der Waals surface area (Å²) < 4.78 is 0. The molecule has 34 heavy (non-hydrogen) atoms. The molecule has 0 aliphatic rings. The summed E-state index contributed by atoms with van der Waals surface area (Å²) in [6.07, 6.45) is 3.57. The van der Waals surface area contributed by atoms with Gasteiger partial charge in [-0.05, 0) is 59.1 Å². The zero-order valence-electron chi connectivity index (χ0n) is 21.9. The summed E-state index contributed by atoms with van der Waals surface area (Å²) in [6.45, 7) is 18.3. The number of nitrogens with zero attached hydrogens (tertiary/aromatic N) is 2. The van der Waals surface area contributed by atoms with Crippen molar-refractivity contribution in [2.75, 3.05) is 24.6 Å². The summed E-state index contributed by atoms with van der Waals surface area (Å²) in [6, 6.07) is 8.15. The van der Waals surface area contributed by atoms with Gasteiger partial charge in [-0.15, -0.1) is 0 Å². The van der Waals surface area contributed by atoms with Crippen LogP contribution in [-0.4, -0.2) is 47.2 Å². The third-order valence-electron chi connectivity index (χ3n) is 5.54. The monoisotopic (exact) mass is 500 g/mol. The van der Waals surface area contributed by atoms with Crippen LogP contribution in [0.3, 0.4) is 0 Å². The second-order valence-corrected chi connectivity index (χ2v) is 13.4. The van der Waals surface area contributed by atoms with Crippen molar-refractivity contribution in [3.8, 4) is 11.5 Å². The van der Waals surface area contributed by atoms with E-state index in [9.17, 15) is 10.2 Å². The Kier molecular flexibility index (Phi) is 10.1. The van der Waals surface area contributed by atoms with Crippen LogP contribution in [0.5, 0.6) is 11.5 Å². The van der Waals surface area contributed by atoms with E-state index in [1.54, 1.807) is 34.0 Å². The van der Waals surface area contributed by atoms with Gasteiger partial charge in [0.15, 0.2) is 0 Å². The smallest absolute Gasteiger partial charge is 0.127 e. The van der Waals surface area contributed by atoms with Gasteiger partial charge in [0.25, 0.3) is 0 Å². The number of hydrogen-bond donors (Lipinski definition) is 2. The van der Waals surface area contributed by atoms with Gasteiger partial charge in [-0.1, -0.05) is 75.3 Å². The van der Waals surface area contributed by atoms with Crippen molar-refractivity contribution < 1.29 is 10.2 Å². The van der Waals surface area contributed by atoms with Gasteiger partial charge in [-0.3, -0.25) is 9.98 Å². The van der Waals surface area contributed by atoms with Crippen LogP contribution < -0.4 is 0 Å². The van der Waals surface area contributed by atoms with E-state index in [1.807, 2.05) is 38.1 Å². The van der Waals surface area contributed by atoms with Crippen LogP contribution in [0.2, 0.25) is 0 Å².